The highest BCUT2D eigenvalue weighted by Crippen LogP contribution is 2.20. The van der Waals surface area contributed by atoms with Gasteiger partial charge in [0.1, 0.15) is 0 Å². The first-order chi connectivity index (χ1) is 10.5. The van der Waals surface area contributed by atoms with Gasteiger partial charge in [0, 0.05) is 0 Å². The minimum absolute atomic E-state index is 0.0279. The van der Waals surface area contributed by atoms with E-state index >= 15 is 0 Å². The Balaban J connectivity index is 1.91. The molecule has 22 heavy (non-hydrogen) atoms. The highest BCUT2D eigenvalue weighted by Gasteiger charge is 2.10. The monoisotopic (exact) mass is 316 g/mol. The van der Waals surface area contributed by atoms with Gasteiger partial charge in [-0.25, -0.2) is 0 Å². The third kappa shape index (κ3) is 4.25. The minimum Gasteiger partial charge on any atom is -0.375 e. The third-order valence-corrected chi connectivity index (χ3v) is 4.05. The Morgan fingerprint density at radius 2 is 1.86 bits per heavy atom. The van der Waals surface area contributed by atoms with Gasteiger partial charge in [0.05, 0.1) is 23.3 Å². The first-order valence-electron chi connectivity index (χ1n) is 7.32. The Labute approximate surface area is 136 Å². The van der Waals surface area contributed by atoms with E-state index in [1.165, 1.54) is 11.1 Å². The van der Waals surface area contributed by atoms with Crippen molar-refractivity contribution in [2.45, 2.75) is 26.8 Å². The van der Waals surface area contributed by atoms with Crippen molar-refractivity contribution in [1.29, 1.82) is 0 Å². The van der Waals surface area contributed by atoms with Crippen LogP contribution in [-0.2, 0) is 4.79 Å². The Morgan fingerprint density at radius 1 is 1.14 bits per heavy atom. The van der Waals surface area contributed by atoms with Crippen molar-refractivity contribution < 1.29 is 4.79 Å². The van der Waals surface area contributed by atoms with Crippen LogP contribution in [0.1, 0.15) is 29.7 Å². The Bertz CT molecular complexity index is 670. The van der Waals surface area contributed by atoms with Gasteiger partial charge < -0.3 is 10.6 Å². The molecule has 0 aromatic heterocycles. The van der Waals surface area contributed by atoms with Crippen LogP contribution < -0.4 is 10.6 Å². The summed E-state index contributed by atoms with van der Waals surface area (Å²) < 4.78 is 0. The van der Waals surface area contributed by atoms with Gasteiger partial charge in [-0.2, -0.15) is 0 Å². The van der Waals surface area contributed by atoms with Crippen molar-refractivity contribution in [3.63, 3.8) is 0 Å². The first-order valence-corrected chi connectivity index (χ1v) is 7.70. The quantitative estimate of drug-likeness (QED) is 0.866. The Hall–Kier alpha value is -2.00. The highest BCUT2D eigenvalue weighted by atomic mass is 35.5. The second kappa shape index (κ2) is 7.32. The van der Waals surface area contributed by atoms with Gasteiger partial charge in [0.2, 0.25) is 5.91 Å². The molecule has 0 fully saturated rings. The summed E-state index contributed by atoms with van der Waals surface area (Å²) in [6.07, 6.45) is 0. The summed E-state index contributed by atoms with van der Waals surface area (Å²) in [7, 11) is 0. The lowest BCUT2D eigenvalue weighted by molar-refractivity contribution is -0.120. The molecule has 2 aromatic rings. The zero-order valence-electron chi connectivity index (χ0n) is 13.1. The summed E-state index contributed by atoms with van der Waals surface area (Å²) in [6, 6.07) is 13.6. The van der Waals surface area contributed by atoms with Crippen LogP contribution in [0.2, 0.25) is 5.02 Å². The van der Waals surface area contributed by atoms with Gasteiger partial charge in [0.25, 0.3) is 0 Å². The van der Waals surface area contributed by atoms with Crippen molar-refractivity contribution in [2.75, 3.05) is 11.9 Å². The van der Waals surface area contributed by atoms with Crippen LogP contribution in [0, 0.1) is 13.8 Å². The molecule has 0 spiro atoms. The van der Waals surface area contributed by atoms with Crippen LogP contribution in [0.4, 0.5) is 5.69 Å². The van der Waals surface area contributed by atoms with Gasteiger partial charge >= 0.3 is 0 Å². The summed E-state index contributed by atoms with van der Waals surface area (Å²) >= 11 is 6.05. The summed E-state index contributed by atoms with van der Waals surface area (Å²) in [5.41, 5.74) is 4.35. The SMILES string of the molecule is Cc1ccc(C(C)NC(=O)CNc2ccccc2Cl)cc1C. The molecule has 1 unspecified atom stereocenters. The molecule has 2 rings (SSSR count). The van der Waals surface area contributed by atoms with E-state index in [2.05, 4.69) is 42.7 Å². The molecule has 2 N–H and O–H groups in total. The number of aryl methyl sites for hydroxylation is 2. The minimum atomic E-state index is -0.0642. The number of benzene rings is 2. The predicted molar refractivity (Wildman–Crippen MR) is 92.4 cm³/mol. The number of para-hydroxylation sites is 1. The second-order valence-corrected chi connectivity index (χ2v) is 5.87. The molecular formula is C18H21ClN2O. The Morgan fingerprint density at radius 3 is 2.55 bits per heavy atom. The van der Waals surface area contributed by atoms with Crippen LogP contribution in [-0.4, -0.2) is 12.5 Å². The van der Waals surface area contributed by atoms with Crippen LogP contribution in [0.3, 0.4) is 0 Å². The van der Waals surface area contributed by atoms with E-state index < -0.39 is 0 Å². The molecule has 116 valence electrons. The fourth-order valence-electron chi connectivity index (χ4n) is 2.19. The summed E-state index contributed by atoms with van der Waals surface area (Å²) in [6.45, 7) is 6.33. The van der Waals surface area contributed by atoms with E-state index in [1.807, 2.05) is 25.1 Å². The molecule has 4 heteroatoms. The number of amides is 1. The summed E-state index contributed by atoms with van der Waals surface area (Å²) in [5.74, 6) is -0.0642. The number of carbonyl (C=O) groups excluding carboxylic acids is 1. The molecule has 3 nitrogen and oxygen atoms in total. The van der Waals surface area contributed by atoms with Crippen LogP contribution in [0.25, 0.3) is 0 Å². The van der Waals surface area contributed by atoms with Crippen LogP contribution in [0.5, 0.6) is 0 Å². The molecule has 0 radical (unpaired) electrons. The maximum atomic E-state index is 12.0. The van der Waals surface area contributed by atoms with Gasteiger partial charge in [-0.3, -0.25) is 4.79 Å². The van der Waals surface area contributed by atoms with E-state index in [4.69, 9.17) is 11.6 Å². The number of rotatable bonds is 5. The van der Waals surface area contributed by atoms with Crippen molar-refractivity contribution >= 4 is 23.2 Å². The fraction of sp³-hybridized carbons (Fsp3) is 0.278. The summed E-state index contributed by atoms with van der Waals surface area (Å²) in [5, 5.41) is 6.64. The van der Waals surface area contributed by atoms with Crippen molar-refractivity contribution in [3.05, 3.63) is 64.2 Å². The second-order valence-electron chi connectivity index (χ2n) is 5.47. The predicted octanol–water partition coefficient (Wildman–Crippen LogP) is 4.25. The molecule has 0 saturated carbocycles. The number of halogens is 1. The summed E-state index contributed by atoms with van der Waals surface area (Å²) in [4.78, 5) is 12.0. The number of hydrogen-bond donors (Lipinski definition) is 2. The molecule has 0 saturated heterocycles. The first kappa shape index (κ1) is 16.4. The average Bonchev–Trinajstić information content (AvgIpc) is 2.49. The Kier molecular flexibility index (Phi) is 5.45. The maximum Gasteiger partial charge on any atom is 0.239 e. The smallest absolute Gasteiger partial charge is 0.239 e. The highest BCUT2D eigenvalue weighted by molar-refractivity contribution is 6.33. The largest absolute Gasteiger partial charge is 0.375 e. The van der Waals surface area contributed by atoms with E-state index in [1.54, 1.807) is 6.07 Å². The molecule has 1 atom stereocenters. The maximum absolute atomic E-state index is 12.0. The standard InChI is InChI=1S/C18H21ClN2O/c1-12-8-9-15(10-13(12)2)14(3)21-18(22)11-20-17-7-5-4-6-16(17)19/h4-10,14,20H,11H2,1-3H3,(H,21,22). The number of nitrogens with one attached hydrogen (secondary N) is 2. The van der Waals surface area contributed by atoms with E-state index in [-0.39, 0.29) is 18.5 Å². The van der Waals surface area contributed by atoms with E-state index in [0.717, 1.165) is 11.3 Å². The van der Waals surface area contributed by atoms with Crippen molar-refractivity contribution in [3.8, 4) is 0 Å². The lowest BCUT2D eigenvalue weighted by atomic mass is 10.0. The lowest BCUT2D eigenvalue weighted by Gasteiger charge is -2.16. The average molecular weight is 317 g/mol. The van der Waals surface area contributed by atoms with Gasteiger partial charge in [0.15, 0.2) is 0 Å². The van der Waals surface area contributed by atoms with Crippen molar-refractivity contribution in [2.24, 2.45) is 0 Å². The molecule has 2 aromatic carbocycles. The lowest BCUT2D eigenvalue weighted by Crippen LogP contribution is -2.32. The molecule has 0 aliphatic heterocycles. The normalized spacial score (nSPS) is 11.8. The topological polar surface area (TPSA) is 41.1 Å². The molecule has 0 aliphatic rings. The van der Waals surface area contributed by atoms with Crippen LogP contribution >= 0.6 is 11.6 Å². The zero-order chi connectivity index (χ0) is 16.1. The molecule has 1 amide bonds. The van der Waals surface area contributed by atoms with E-state index in [9.17, 15) is 4.79 Å². The number of carbonyl (C=O) groups is 1. The molecule has 0 aliphatic carbocycles. The van der Waals surface area contributed by atoms with Crippen LogP contribution in [0.15, 0.2) is 42.5 Å². The van der Waals surface area contributed by atoms with Gasteiger partial charge in [-0.1, -0.05) is 41.9 Å². The zero-order valence-corrected chi connectivity index (χ0v) is 13.9. The fourth-order valence-corrected chi connectivity index (χ4v) is 2.39. The molecular weight excluding hydrogens is 296 g/mol. The molecule has 0 bridgehead atoms. The number of hydrogen-bond acceptors (Lipinski definition) is 2. The number of anilines is 1. The van der Waals surface area contributed by atoms with Crippen molar-refractivity contribution in [1.82, 2.24) is 5.32 Å². The van der Waals surface area contributed by atoms with E-state index in [0.29, 0.717) is 5.02 Å². The molecule has 0 heterocycles. The third-order valence-electron chi connectivity index (χ3n) is 3.72. The van der Waals surface area contributed by atoms with Gasteiger partial charge in [-0.15, -0.1) is 0 Å². The van der Waals surface area contributed by atoms with Gasteiger partial charge in [-0.05, 0) is 49.6 Å².